The van der Waals surface area contributed by atoms with Crippen LogP contribution in [0.3, 0.4) is 0 Å². The van der Waals surface area contributed by atoms with Crippen LogP contribution in [0.4, 0.5) is 5.69 Å². The third-order valence-electron chi connectivity index (χ3n) is 3.79. The van der Waals surface area contributed by atoms with Crippen molar-refractivity contribution >= 4 is 29.1 Å². The molecule has 3 aromatic rings. The Morgan fingerprint density at radius 2 is 1.86 bits per heavy atom. The van der Waals surface area contributed by atoms with Gasteiger partial charge in [0, 0.05) is 17.3 Å². The predicted octanol–water partition coefficient (Wildman–Crippen LogP) is 2.64. The van der Waals surface area contributed by atoms with E-state index in [2.05, 4.69) is 20.7 Å². The van der Waals surface area contributed by atoms with Crippen molar-refractivity contribution < 1.29 is 19.1 Å². The Morgan fingerprint density at radius 1 is 1.14 bits per heavy atom. The molecule has 1 aromatic heterocycles. The van der Waals surface area contributed by atoms with Gasteiger partial charge in [0.15, 0.2) is 23.8 Å². The molecule has 0 aliphatic rings. The van der Waals surface area contributed by atoms with Crippen LogP contribution in [-0.4, -0.2) is 40.4 Å². The Hall–Kier alpha value is -3.59. The highest BCUT2D eigenvalue weighted by atomic mass is 35.5. The number of aromatic nitrogens is 3. The summed E-state index contributed by atoms with van der Waals surface area (Å²) in [5.74, 6) is -0.488. The molecule has 0 bridgehead atoms. The van der Waals surface area contributed by atoms with E-state index in [9.17, 15) is 9.59 Å². The van der Waals surface area contributed by atoms with Crippen LogP contribution in [0.1, 0.15) is 17.4 Å². The maximum atomic E-state index is 12.1. The number of nitrogens with one attached hydrogen (secondary N) is 2. The number of carbonyl (C=O) groups excluding carboxylic acids is 2. The summed E-state index contributed by atoms with van der Waals surface area (Å²) >= 11 is 6.34. The van der Waals surface area contributed by atoms with Gasteiger partial charge in [0.2, 0.25) is 0 Å². The van der Waals surface area contributed by atoms with E-state index in [1.807, 2.05) is 18.2 Å². The van der Waals surface area contributed by atoms with Gasteiger partial charge < -0.3 is 20.5 Å². The van der Waals surface area contributed by atoms with E-state index < -0.39 is 5.91 Å². The van der Waals surface area contributed by atoms with Crippen LogP contribution >= 0.6 is 11.6 Å². The summed E-state index contributed by atoms with van der Waals surface area (Å²) in [5.41, 5.74) is 6.50. The van der Waals surface area contributed by atoms with Gasteiger partial charge in [0.1, 0.15) is 5.69 Å². The number of nitrogens with two attached hydrogens (primary N) is 1. The monoisotopic (exact) mass is 415 g/mol. The average molecular weight is 416 g/mol. The van der Waals surface area contributed by atoms with Gasteiger partial charge in [-0.2, -0.15) is 15.4 Å². The SMILES string of the molecule is CCOc1cc(-c2n[nH]nc2C(N)=O)c(Cl)cc1OCC(=O)Nc1ccccc1. The van der Waals surface area contributed by atoms with Crippen molar-refractivity contribution in [1.82, 2.24) is 15.4 Å². The number of nitrogens with zero attached hydrogens (tertiary/aromatic N) is 2. The van der Waals surface area contributed by atoms with Crippen LogP contribution in [0.5, 0.6) is 11.5 Å². The van der Waals surface area contributed by atoms with Crippen LogP contribution in [-0.2, 0) is 4.79 Å². The van der Waals surface area contributed by atoms with Gasteiger partial charge in [-0.25, -0.2) is 0 Å². The first kappa shape index (κ1) is 20.2. The van der Waals surface area contributed by atoms with Gasteiger partial charge in [0.25, 0.3) is 11.8 Å². The van der Waals surface area contributed by atoms with Gasteiger partial charge in [-0.3, -0.25) is 9.59 Å². The summed E-state index contributed by atoms with van der Waals surface area (Å²) in [6.45, 7) is 1.89. The number of halogens is 1. The Labute approximate surface area is 171 Å². The van der Waals surface area contributed by atoms with Gasteiger partial charge >= 0.3 is 0 Å². The van der Waals surface area contributed by atoms with Crippen molar-refractivity contribution in [2.75, 3.05) is 18.5 Å². The lowest BCUT2D eigenvalue weighted by Gasteiger charge is -2.14. The Balaban J connectivity index is 1.82. The third-order valence-corrected chi connectivity index (χ3v) is 4.10. The van der Waals surface area contributed by atoms with E-state index in [1.165, 1.54) is 6.07 Å². The zero-order valence-corrected chi connectivity index (χ0v) is 16.2. The van der Waals surface area contributed by atoms with E-state index >= 15 is 0 Å². The molecule has 0 unspecified atom stereocenters. The maximum Gasteiger partial charge on any atom is 0.271 e. The number of H-pyrrole nitrogens is 1. The lowest BCUT2D eigenvalue weighted by Crippen LogP contribution is -2.20. The molecule has 3 rings (SSSR count). The Kier molecular flexibility index (Phi) is 6.30. The minimum Gasteiger partial charge on any atom is -0.490 e. The summed E-state index contributed by atoms with van der Waals surface area (Å²) in [6, 6.07) is 12.0. The van der Waals surface area contributed by atoms with Crippen LogP contribution in [0.25, 0.3) is 11.3 Å². The smallest absolute Gasteiger partial charge is 0.271 e. The molecule has 2 amide bonds. The van der Waals surface area contributed by atoms with Gasteiger partial charge in [0.05, 0.1) is 11.6 Å². The molecule has 0 radical (unpaired) electrons. The van der Waals surface area contributed by atoms with Crippen molar-refractivity contribution in [3.05, 3.63) is 53.2 Å². The first-order valence-corrected chi connectivity index (χ1v) is 9.02. The van der Waals surface area contributed by atoms with E-state index in [0.29, 0.717) is 23.6 Å². The number of ether oxygens (including phenoxy) is 2. The summed E-state index contributed by atoms with van der Waals surface area (Å²) in [4.78, 5) is 23.7. The zero-order chi connectivity index (χ0) is 20.8. The number of rotatable bonds is 8. The normalized spacial score (nSPS) is 10.4. The van der Waals surface area contributed by atoms with Crippen LogP contribution in [0.2, 0.25) is 5.02 Å². The second-order valence-electron chi connectivity index (χ2n) is 5.80. The van der Waals surface area contributed by atoms with Crippen LogP contribution < -0.4 is 20.5 Å². The van der Waals surface area contributed by atoms with E-state index in [4.69, 9.17) is 26.8 Å². The zero-order valence-electron chi connectivity index (χ0n) is 15.4. The lowest BCUT2D eigenvalue weighted by atomic mass is 10.1. The summed E-state index contributed by atoms with van der Waals surface area (Å²) < 4.78 is 11.2. The number of benzene rings is 2. The molecule has 0 atom stereocenters. The topological polar surface area (TPSA) is 132 Å². The van der Waals surface area contributed by atoms with E-state index in [1.54, 1.807) is 25.1 Å². The minimum absolute atomic E-state index is 0.0507. The van der Waals surface area contributed by atoms with Gasteiger partial charge in [-0.15, -0.1) is 0 Å². The number of para-hydroxylation sites is 1. The number of amides is 2. The average Bonchev–Trinajstić information content (AvgIpc) is 3.19. The fourth-order valence-electron chi connectivity index (χ4n) is 2.55. The number of anilines is 1. The fourth-order valence-corrected chi connectivity index (χ4v) is 2.79. The predicted molar refractivity (Wildman–Crippen MR) is 107 cm³/mol. The molecule has 10 heteroatoms. The van der Waals surface area contributed by atoms with Crippen LogP contribution in [0.15, 0.2) is 42.5 Å². The molecule has 29 heavy (non-hydrogen) atoms. The molecule has 0 fully saturated rings. The van der Waals surface area contributed by atoms with Crippen LogP contribution in [0, 0.1) is 0 Å². The molecule has 9 nitrogen and oxygen atoms in total. The third kappa shape index (κ3) is 4.82. The lowest BCUT2D eigenvalue weighted by molar-refractivity contribution is -0.118. The minimum atomic E-state index is -0.749. The van der Waals surface area contributed by atoms with E-state index in [-0.39, 0.29) is 34.7 Å². The van der Waals surface area contributed by atoms with E-state index in [0.717, 1.165) is 0 Å². The number of hydrogen-bond donors (Lipinski definition) is 3. The summed E-state index contributed by atoms with van der Waals surface area (Å²) in [5, 5.41) is 13.0. The van der Waals surface area contributed by atoms with Gasteiger partial charge in [-0.1, -0.05) is 29.8 Å². The first-order valence-electron chi connectivity index (χ1n) is 8.64. The van der Waals surface area contributed by atoms with Gasteiger partial charge in [-0.05, 0) is 25.1 Å². The number of aromatic amines is 1. The van der Waals surface area contributed by atoms with Crippen molar-refractivity contribution in [2.45, 2.75) is 6.92 Å². The highest BCUT2D eigenvalue weighted by molar-refractivity contribution is 6.33. The highest BCUT2D eigenvalue weighted by Gasteiger charge is 2.21. The molecule has 150 valence electrons. The summed E-state index contributed by atoms with van der Waals surface area (Å²) in [6.07, 6.45) is 0. The fraction of sp³-hybridized carbons (Fsp3) is 0.158. The van der Waals surface area contributed by atoms with Crippen molar-refractivity contribution in [3.63, 3.8) is 0 Å². The maximum absolute atomic E-state index is 12.1. The standard InChI is InChI=1S/C19H18ClN5O4/c1-2-28-14-8-12(17-18(19(21)27)24-25-23-17)13(20)9-15(14)29-10-16(26)22-11-6-4-3-5-7-11/h3-9H,2,10H2,1H3,(H2,21,27)(H,22,26)(H,23,24,25). The van der Waals surface area contributed by atoms with Crippen molar-refractivity contribution in [3.8, 4) is 22.8 Å². The number of primary amides is 1. The molecular weight excluding hydrogens is 398 g/mol. The van der Waals surface area contributed by atoms with Crippen molar-refractivity contribution in [1.29, 1.82) is 0 Å². The molecule has 0 spiro atoms. The number of hydrogen-bond acceptors (Lipinski definition) is 6. The molecular formula is C19H18ClN5O4. The molecule has 1 heterocycles. The summed E-state index contributed by atoms with van der Waals surface area (Å²) in [7, 11) is 0. The number of carbonyl (C=O) groups is 2. The molecule has 0 saturated carbocycles. The Bertz CT molecular complexity index is 1020. The Morgan fingerprint density at radius 3 is 2.55 bits per heavy atom. The molecule has 2 aromatic carbocycles. The molecule has 0 saturated heterocycles. The second kappa shape index (κ2) is 9.07. The largest absolute Gasteiger partial charge is 0.490 e. The highest BCUT2D eigenvalue weighted by Crippen LogP contribution is 2.38. The quantitative estimate of drug-likeness (QED) is 0.518. The first-order chi connectivity index (χ1) is 14.0. The molecule has 0 aliphatic heterocycles. The molecule has 4 N–H and O–H groups in total. The molecule has 0 aliphatic carbocycles. The van der Waals surface area contributed by atoms with Crippen molar-refractivity contribution in [2.24, 2.45) is 5.73 Å². The second-order valence-corrected chi connectivity index (χ2v) is 6.21.